The van der Waals surface area contributed by atoms with E-state index < -0.39 is 17.7 Å². The molecule has 2 N–H and O–H groups in total. The highest BCUT2D eigenvalue weighted by molar-refractivity contribution is 6.46. The second-order valence-electron chi connectivity index (χ2n) is 7.06. The number of likely N-dealkylation sites (tertiary alicyclic amines) is 1. The molecule has 32 heavy (non-hydrogen) atoms. The zero-order chi connectivity index (χ0) is 23.1. The Morgan fingerprint density at radius 1 is 1.00 bits per heavy atom. The van der Waals surface area contributed by atoms with Crippen molar-refractivity contribution in [3.63, 3.8) is 0 Å². The second kappa shape index (κ2) is 10.8. The van der Waals surface area contributed by atoms with E-state index >= 15 is 0 Å². The normalized spacial score (nSPS) is 17.6. The first-order valence-corrected chi connectivity index (χ1v) is 10.4. The fourth-order valence-electron chi connectivity index (χ4n) is 3.60. The average Bonchev–Trinajstić information content (AvgIpc) is 3.07. The van der Waals surface area contributed by atoms with E-state index in [9.17, 15) is 14.7 Å². The molecule has 1 atom stereocenters. The van der Waals surface area contributed by atoms with E-state index in [0.717, 1.165) is 0 Å². The molecule has 2 aromatic rings. The van der Waals surface area contributed by atoms with Crippen LogP contribution in [-0.2, 0) is 14.3 Å². The number of hydrogen-bond acceptors (Lipinski definition) is 7. The van der Waals surface area contributed by atoms with E-state index in [1.807, 2.05) is 6.92 Å². The standard InChI is InChI=1S/C24H27NO7/c1-3-32-19-10-6-17(7-11-19)22(27)20-21(16-4-8-18(30-2)9-5-16)25(24(29)23(20)28)12-14-31-15-13-26/h4-11,21,26-27H,3,12-15H2,1-2H3/t21-/m0/s1. The van der Waals surface area contributed by atoms with Crippen molar-refractivity contribution >= 4 is 17.4 Å². The molecule has 1 amide bonds. The maximum Gasteiger partial charge on any atom is 0.295 e. The number of ketones is 1. The van der Waals surface area contributed by atoms with Crippen LogP contribution in [0.3, 0.4) is 0 Å². The van der Waals surface area contributed by atoms with E-state index in [2.05, 4.69) is 0 Å². The first-order chi connectivity index (χ1) is 15.5. The zero-order valence-electron chi connectivity index (χ0n) is 18.1. The Bertz CT molecular complexity index is 967. The Hall–Kier alpha value is -3.36. The van der Waals surface area contributed by atoms with Gasteiger partial charge in [0.25, 0.3) is 11.7 Å². The summed E-state index contributed by atoms with van der Waals surface area (Å²) < 4.78 is 15.9. The number of ether oxygens (including phenoxy) is 3. The Balaban J connectivity index is 2.02. The number of carbonyl (C=O) groups excluding carboxylic acids is 2. The van der Waals surface area contributed by atoms with E-state index in [1.165, 1.54) is 4.90 Å². The molecule has 1 saturated heterocycles. The molecule has 8 heteroatoms. The number of aliphatic hydroxyl groups excluding tert-OH is 2. The summed E-state index contributed by atoms with van der Waals surface area (Å²) in [6.45, 7) is 2.63. The molecule has 1 aliphatic heterocycles. The van der Waals surface area contributed by atoms with E-state index in [1.54, 1.807) is 55.6 Å². The van der Waals surface area contributed by atoms with Crippen LogP contribution >= 0.6 is 0 Å². The van der Waals surface area contributed by atoms with Gasteiger partial charge in [-0.3, -0.25) is 9.59 Å². The molecule has 0 saturated carbocycles. The predicted octanol–water partition coefficient (Wildman–Crippen LogP) is 2.52. The highest BCUT2D eigenvalue weighted by atomic mass is 16.5. The molecule has 1 heterocycles. The SMILES string of the molecule is CCOc1ccc(C(O)=C2C(=O)C(=O)N(CCOCCO)[C@H]2c2ccc(OC)cc2)cc1. The number of Topliss-reactive ketones (excluding diaryl/α,β-unsaturated/α-hetero) is 1. The van der Waals surface area contributed by atoms with Crippen molar-refractivity contribution in [1.29, 1.82) is 0 Å². The lowest BCUT2D eigenvalue weighted by molar-refractivity contribution is -0.140. The van der Waals surface area contributed by atoms with Gasteiger partial charge in [0.05, 0.1) is 45.2 Å². The lowest BCUT2D eigenvalue weighted by atomic mass is 9.95. The van der Waals surface area contributed by atoms with E-state index in [0.29, 0.717) is 29.2 Å². The summed E-state index contributed by atoms with van der Waals surface area (Å²) in [7, 11) is 1.55. The van der Waals surface area contributed by atoms with Gasteiger partial charge in [0.2, 0.25) is 0 Å². The molecule has 170 valence electrons. The third-order valence-electron chi connectivity index (χ3n) is 5.12. The van der Waals surface area contributed by atoms with Crippen molar-refractivity contribution in [3.8, 4) is 11.5 Å². The number of aliphatic hydroxyl groups is 2. The summed E-state index contributed by atoms with van der Waals surface area (Å²) in [6, 6.07) is 12.9. The van der Waals surface area contributed by atoms with E-state index in [-0.39, 0.29) is 37.7 Å². The van der Waals surface area contributed by atoms with Crippen LogP contribution in [0.15, 0.2) is 54.1 Å². The third-order valence-corrected chi connectivity index (χ3v) is 5.12. The minimum absolute atomic E-state index is 0.00600. The number of amides is 1. The van der Waals surface area contributed by atoms with Gasteiger partial charge in [0.1, 0.15) is 17.3 Å². The van der Waals surface area contributed by atoms with Gasteiger partial charge in [-0.25, -0.2) is 0 Å². The summed E-state index contributed by atoms with van der Waals surface area (Å²) in [6.07, 6.45) is 0. The molecule has 2 aromatic carbocycles. The number of hydrogen-bond donors (Lipinski definition) is 2. The van der Waals surface area contributed by atoms with Gasteiger partial charge in [-0.2, -0.15) is 0 Å². The van der Waals surface area contributed by atoms with Crippen LogP contribution in [0, 0.1) is 0 Å². The predicted molar refractivity (Wildman–Crippen MR) is 118 cm³/mol. The van der Waals surface area contributed by atoms with Crippen molar-refractivity contribution in [2.45, 2.75) is 13.0 Å². The molecule has 0 spiro atoms. The number of methoxy groups -OCH3 is 1. The summed E-state index contributed by atoms with van der Waals surface area (Å²) in [5, 5.41) is 19.9. The molecule has 3 rings (SSSR count). The summed E-state index contributed by atoms with van der Waals surface area (Å²) in [5.74, 6) is -0.475. The third kappa shape index (κ3) is 4.92. The van der Waals surface area contributed by atoms with Crippen LogP contribution < -0.4 is 9.47 Å². The molecule has 1 fully saturated rings. The maximum absolute atomic E-state index is 13.0. The van der Waals surface area contributed by atoms with Crippen LogP contribution in [0.25, 0.3) is 5.76 Å². The van der Waals surface area contributed by atoms with Crippen molar-refractivity contribution in [3.05, 3.63) is 65.2 Å². The second-order valence-corrected chi connectivity index (χ2v) is 7.06. The molecular formula is C24H27NO7. The number of benzene rings is 2. The van der Waals surface area contributed by atoms with Crippen LogP contribution in [-0.4, -0.2) is 66.9 Å². The van der Waals surface area contributed by atoms with Crippen LogP contribution in [0.2, 0.25) is 0 Å². The molecule has 0 radical (unpaired) electrons. The highest BCUT2D eigenvalue weighted by Gasteiger charge is 2.45. The van der Waals surface area contributed by atoms with Crippen LogP contribution in [0.5, 0.6) is 11.5 Å². The highest BCUT2D eigenvalue weighted by Crippen LogP contribution is 2.39. The number of nitrogens with zero attached hydrogens (tertiary/aromatic N) is 1. The molecular weight excluding hydrogens is 414 g/mol. The average molecular weight is 441 g/mol. The lowest BCUT2D eigenvalue weighted by Crippen LogP contribution is -2.33. The van der Waals surface area contributed by atoms with Gasteiger partial charge < -0.3 is 29.3 Å². The van der Waals surface area contributed by atoms with Crippen molar-refractivity contribution in [1.82, 2.24) is 4.90 Å². The lowest BCUT2D eigenvalue weighted by Gasteiger charge is -2.25. The van der Waals surface area contributed by atoms with Crippen molar-refractivity contribution in [2.24, 2.45) is 0 Å². The molecule has 8 nitrogen and oxygen atoms in total. The van der Waals surface area contributed by atoms with Gasteiger partial charge in [0, 0.05) is 12.1 Å². The Morgan fingerprint density at radius 3 is 2.25 bits per heavy atom. The zero-order valence-corrected chi connectivity index (χ0v) is 18.1. The summed E-state index contributed by atoms with van der Waals surface area (Å²) in [5.41, 5.74) is 1.06. The Kier molecular flexibility index (Phi) is 7.86. The smallest absolute Gasteiger partial charge is 0.295 e. The number of carbonyl (C=O) groups is 2. The Morgan fingerprint density at radius 2 is 1.66 bits per heavy atom. The van der Waals surface area contributed by atoms with Gasteiger partial charge in [-0.05, 0) is 48.9 Å². The van der Waals surface area contributed by atoms with Gasteiger partial charge in [-0.1, -0.05) is 12.1 Å². The minimum Gasteiger partial charge on any atom is -0.507 e. The number of rotatable bonds is 10. The van der Waals surface area contributed by atoms with Crippen LogP contribution in [0.1, 0.15) is 24.1 Å². The van der Waals surface area contributed by atoms with Gasteiger partial charge >= 0.3 is 0 Å². The van der Waals surface area contributed by atoms with Crippen molar-refractivity contribution in [2.75, 3.05) is 40.1 Å². The first kappa shape index (κ1) is 23.3. The maximum atomic E-state index is 13.0. The monoisotopic (exact) mass is 441 g/mol. The van der Waals surface area contributed by atoms with Gasteiger partial charge in [-0.15, -0.1) is 0 Å². The molecule has 0 aromatic heterocycles. The fraction of sp³-hybridized carbons (Fsp3) is 0.333. The minimum atomic E-state index is -0.787. The largest absolute Gasteiger partial charge is 0.507 e. The molecule has 1 aliphatic rings. The molecule has 0 aliphatic carbocycles. The Labute approximate surface area is 186 Å². The fourth-order valence-corrected chi connectivity index (χ4v) is 3.60. The van der Waals surface area contributed by atoms with Crippen LogP contribution in [0.4, 0.5) is 0 Å². The van der Waals surface area contributed by atoms with Gasteiger partial charge in [0.15, 0.2) is 0 Å². The summed E-state index contributed by atoms with van der Waals surface area (Å²) >= 11 is 0. The quantitative estimate of drug-likeness (QED) is 0.253. The molecule has 0 bridgehead atoms. The van der Waals surface area contributed by atoms with E-state index in [4.69, 9.17) is 19.3 Å². The summed E-state index contributed by atoms with van der Waals surface area (Å²) in [4.78, 5) is 27.2. The topological polar surface area (TPSA) is 106 Å². The van der Waals surface area contributed by atoms with Crippen molar-refractivity contribution < 1.29 is 34.0 Å². The molecule has 0 unspecified atom stereocenters. The first-order valence-electron chi connectivity index (χ1n) is 10.4.